The lowest BCUT2D eigenvalue weighted by atomic mass is 10.2. The molecule has 0 bridgehead atoms. The highest BCUT2D eigenvalue weighted by Gasteiger charge is 2.03. The summed E-state index contributed by atoms with van der Waals surface area (Å²) >= 11 is 6.00. The third-order valence-electron chi connectivity index (χ3n) is 2.23. The van der Waals surface area contributed by atoms with E-state index in [0.717, 1.165) is 10.6 Å². The third-order valence-corrected chi connectivity index (χ3v) is 2.64. The number of nitrogens with zero attached hydrogens (tertiary/aromatic N) is 1. The molecule has 0 saturated heterocycles. The van der Waals surface area contributed by atoms with Gasteiger partial charge in [0.05, 0.1) is 5.52 Å². The van der Waals surface area contributed by atoms with E-state index in [-0.39, 0.29) is 0 Å². The molecule has 2 aromatic rings. The van der Waals surface area contributed by atoms with Crippen molar-refractivity contribution in [3.63, 3.8) is 0 Å². The van der Waals surface area contributed by atoms with Gasteiger partial charge in [0.1, 0.15) is 0 Å². The van der Waals surface area contributed by atoms with Crippen LogP contribution in [-0.2, 0) is 7.05 Å². The van der Waals surface area contributed by atoms with Crippen LogP contribution in [0.4, 0.5) is 0 Å². The van der Waals surface area contributed by atoms with E-state index in [0.29, 0.717) is 0 Å². The van der Waals surface area contributed by atoms with Crippen molar-refractivity contribution < 1.29 is 0 Å². The van der Waals surface area contributed by atoms with Crippen LogP contribution in [0.1, 0.15) is 5.56 Å². The fourth-order valence-corrected chi connectivity index (χ4v) is 1.72. The summed E-state index contributed by atoms with van der Waals surface area (Å²) in [5.74, 6) is 0. The fourth-order valence-electron chi connectivity index (χ4n) is 1.57. The molecular weight excluding hydrogens is 170 g/mol. The zero-order valence-electron chi connectivity index (χ0n) is 7.13. The predicted octanol–water partition coefficient (Wildman–Crippen LogP) is 3.14. The van der Waals surface area contributed by atoms with Crippen LogP contribution < -0.4 is 0 Å². The lowest BCUT2D eigenvalue weighted by Gasteiger charge is -2.02. The van der Waals surface area contributed by atoms with Gasteiger partial charge in [-0.2, -0.15) is 0 Å². The summed E-state index contributed by atoms with van der Waals surface area (Å²) in [6.07, 6.45) is 2.05. The first-order valence-corrected chi connectivity index (χ1v) is 4.28. The Morgan fingerprint density at radius 1 is 1.25 bits per heavy atom. The van der Waals surface area contributed by atoms with Crippen molar-refractivity contribution >= 4 is 22.5 Å². The van der Waals surface area contributed by atoms with E-state index < -0.39 is 0 Å². The molecular formula is C10H10ClN. The quantitative estimate of drug-likeness (QED) is 0.586. The molecule has 0 saturated carbocycles. The zero-order chi connectivity index (χ0) is 8.72. The SMILES string of the molecule is Cc1c(Cl)ccc2ccn(C)c12. The first kappa shape index (κ1) is 7.69. The number of benzene rings is 1. The molecule has 1 aromatic carbocycles. The number of fused-ring (bicyclic) bond motifs is 1. The molecule has 1 aromatic heterocycles. The summed E-state index contributed by atoms with van der Waals surface area (Å²) in [5.41, 5.74) is 2.38. The molecule has 2 heteroatoms. The number of halogens is 1. The lowest BCUT2D eigenvalue weighted by molar-refractivity contribution is 0.964. The van der Waals surface area contributed by atoms with Gasteiger partial charge in [-0.15, -0.1) is 0 Å². The van der Waals surface area contributed by atoms with E-state index in [1.54, 1.807) is 0 Å². The number of rotatable bonds is 0. The zero-order valence-corrected chi connectivity index (χ0v) is 7.89. The van der Waals surface area contributed by atoms with Gasteiger partial charge < -0.3 is 4.57 Å². The van der Waals surface area contributed by atoms with Gasteiger partial charge in [0.25, 0.3) is 0 Å². The van der Waals surface area contributed by atoms with Gasteiger partial charge in [-0.05, 0) is 30.0 Å². The highest BCUT2D eigenvalue weighted by molar-refractivity contribution is 6.32. The van der Waals surface area contributed by atoms with Gasteiger partial charge in [0.2, 0.25) is 0 Å². The smallest absolute Gasteiger partial charge is 0.0522 e. The second-order valence-corrected chi connectivity index (χ2v) is 3.44. The van der Waals surface area contributed by atoms with E-state index >= 15 is 0 Å². The van der Waals surface area contributed by atoms with Crippen molar-refractivity contribution in [1.29, 1.82) is 0 Å². The van der Waals surface area contributed by atoms with E-state index in [9.17, 15) is 0 Å². The lowest BCUT2D eigenvalue weighted by Crippen LogP contribution is -1.87. The minimum Gasteiger partial charge on any atom is -0.350 e. The predicted molar refractivity (Wildman–Crippen MR) is 52.7 cm³/mol. The van der Waals surface area contributed by atoms with Gasteiger partial charge in [-0.25, -0.2) is 0 Å². The van der Waals surface area contributed by atoms with E-state index in [1.165, 1.54) is 10.9 Å². The molecule has 0 radical (unpaired) electrons. The molecule has 0 aliphatic heterocycles. The standard InChI is InChI=1S/C10H10ClN/c1-7-9(11)4-3-8-5-6-12(2)10(7)8/h3-6H,1-2H3. The molecule has 2 rings (SSSR count). The molecule has 0 fully saturated rings. The fraction of sp³-hybridized carbons (Fsp3) is 0.200. The van der Waals surface area contributed by atoms with Crippen LogP contribution in [0.25, 0.3) is 10.9 Å². The molecule has 62 valence electrons. The third kappa shape index (κ3) is 0.935. The summed E-state index contributed by atoms with van der Waals surface area (Å²) in [5, 5.41) is 2.09. The molecule has 0 N–H and O–H groups in total. The second kappa shape index (κ2) is 2.53. The Morgan fingerprint density at radius 2 is 2.00 bits per heavy atom. The van der Waals surface area contributed by atoms with E-state index in [1.807, 2.05) is 32.3 Å². The van der Waals surface area contributed by atoms with Crippen molar-refractivity contribution in [2.45, 2.75) is 6.92 Å². The van der Waals surface area contributed by atoms with Crippen LogP contribution in [0.3, 0.4) is 0 Å². The Morgan fingerprint density at radius 3 is 2.75 bits per heavy atom. The summed E-state index contributed by atoms with van der Waals surface area (Å²) in [4.78, 5) is 0. The Labute approximate surface area is 76.6 Å². The monoisotopic (exact) mass is 179 g/mol. The average Bonchev–Trinajstić information content (AvgIpc) is 2.41. The Balaban J connectivity index is 2.96. The van der Waals surface area contributed by atoms with Gasteiger partial charge in [-0.3, -0.25) is 0 Å². The maximum absolute atomic E-state index is 6.00. The van der Waals surface area contributed by atoms with Gasteiger partial charge in [0.15, 0.2) is 0 Å². The minimum atomic E-state index is 0.837. The first-order valence-electron chi connectivity index (χ1n) is 3.90. The van der Waals surface area contributed by atoms with Crippen LogP contribution in [0.2, 0.25) is 5.02 Å². The molecule has 0 amide bonds. The van der Waals surface area contributed by atoms with Crippen LogP contribution >= 0.6 is 11.6 Å². The summed E-state index contributed by atoms with van der Waals surface area (Å²) in [6, 6.07) is 6.09. The molecule has 0 atom stereocenters. The Bertz CT molecular complexity index is 429. The minimum absolute atomic E-state index is 0.837. The summed E-state index contributed by atoms with van der Waals surface area (Å²) < 4.78 is 2.09. The molecule has 1 heterocycles. The number of hydrogen-bond donors (Lipinski definition) is 0. The maximum atomic E-state index is 6.00. The van der Waals surface area contributed by atoms with Crippen LogP contribution in [-0.4, -0.2) is 4.57 Å². The molecule has 0 unspecified atom stereocenters. The highest BCUT2D eigenvalue weighted by atomic mass is 35.5. The average molecular weight is 180 g/mol. The normalized spacial score (nSPS) is 10.9. The molecule has 0 aliphatic carbocycles. The van der Waals surface area contributed by atoms with Crippen molar-refractivity contribution in [1.82, 2.24) is 4.57 Å². The van der Waals surface area contributed by atoms with Gasteiger partial charge in [0, 0.05) is 18.3 Å². The van der Waals surface area contributed by atoms with Gasteiger partial charge >= 0.3 is 0 Å². The van der Waals surface area contributed by atoms with E-state index in [2.05, 4.69) is 10.6 Å². The van der Waals surface area contributed by atoms with Crippen molar-refractivity contribution in [2.75, 3.05) is 0 Å². The first-order chi connectivity index (χ1) is 5.70. The maximum Gasteiger partial charge on any atom is 0.0522 e. The summed E-state index contributed by atoms with van der Waals surface area (Å²) in [7, 11) is 2.03. The Hall–Kier alpha value is -0.950. The molecule has 12 heavy (non-hydrogen) atoms. The van der Waals surface area contributed by atoms with Crippen molar-refractivity contribution in [3.8, 4) is 0 Å². The topological polar surface area (TPSA) is 4.93 Å². The molecule has 1 nitrogen and oxygen atoms in total. The van der Waals surface area contributed by atoms with Crippen molar-refractivity contribution in [2.24, 2.45) is 7.05 Å². The van der Waals surface area contributed by atoms with Gasteiger partial charge in [-0.1, -0.05) is 17.7 Å². The Kier molecular flexibility index (Phi) is 1.62. The van der Waals surface area contributed by atoms with Crippen molar-refractivity contribution in [3.05, 3.63) is 35.0 Å². The number of aryl methyl sites for hydroxylation is 2. The number of aromatic nitrogens is 1. The van der Waals surface area contributed by atoms with E-state index in [4.69, 9.17) is 11.6 Å². The largest absolute Gasteiger partial charge is 0.350 e. The molecule has 0 aliphatic rings. The highest BCUT2D eigenvalue weighted by Crippen LogP contribution is 2.25. The van der Waals surface area contributed by atoms with Crippen LogP contribution in [0, 0.1) is 6.92 Å². The second-order valence-electron chi connectivity index (χ2n) is 3.04. The van der Waals surface area contributed by atoms with Crippen LogP contribution in [0.15, 0.2) is 24.4 Å². The van der Waals surface area contributed by atoms with Crippen LogP contribution in [0.5, 0.6) is 0 Å². The number of hydrogen-bond acceptors (Lipinski definition) is 0. The summed E-state index contributed by atoms with van der Waals surface area (Å²) in [6.45, 7) is 2.05. The molecule has 0 spiro atoms.